The molecule has 1 N–H and O–H groups in total. The molecule has 2 atom stereocenters. The number of nitrogens with zero attached hydrogens (tertiary/aromatic N) is 5. The van der Waals surface area contributed by atoms with Crippen LogP contribution < -0.4 is 5.56 Å². The van der Waals surface area contributed by atoms with Crippen LogP contribution in [0.2, 0.25) is 0 Å². The Bertz CT molecular complexity index is 1380. The minimum atomic E-state index is -0.277. The number of tetrazole rings is 1. The van der Waals surface area contributed by atoms with E-state index in [4.69, 9.17) is 4.74 Å². The second-order valence-corrected chi connectivity index (χ2v) is 9.52. The van der Waals surface area contributed by atoms with Gasteiger partial charge in [-0.2, -0.15) is 0 Å². The van der Waals surface area contributed by atoms with Crippen LogP contribution in [0.3, 0.4) is 0 Å². The van der Waals surface area contributed by atoms with Crippen LogP contribution in [0.5, 0.6) is 0 Å². The van der Waals surface area contributed by atoms with Crippen LogP contribution in [-0.2, 0) is 17.8 Å². The lowest BCUT2D eigenvalue weighted by molar-refractivity contribution is 0.0489. The van der Waals surface area contributed by atoms with Gasteiger partial charge in [-0.05, 0) is 77.9 Å². The Morgan fingerprint density at radius 1 is 1.22 bits per heavy atom. The number of benzene rings is 2. The summed E-state index contributed by atoms with van der Waals surface area (Å²) in [4.78, 5) is 18.3. The first-order chi connectivity index (χ1) is 17.5. The summed E-state index contributed by atoms with van der Waals surface area (Å²) >= 11 is 0. The van der Waals surface area contributed by atoms with E-state index in [0.29, 0.717) is 31.0 Å². The van der Waals surface area contributed by atoms with Crippen LogP contribution >= 0.6 is 0 Å². The minimum absolute atomic E-state index is 0.0931. The molecule has 2 aromatic heterocycles. The van der Waals surface area contributed by atoms with Crippen LogP contribution in [0.25, 0.3) is 10.9 Å². The summed E-state index contributed by atoms with van der Waals surface area (Å²) in [6.07, 6.45) is 2.87. The molecule has 0 radical (unpaired) electrons. The fraction of sp³-hybridized carbons (Fsp3) is 0.407. The first kappa shape index (κ1) is 24.3. The van der Waals surface area contributed by atoms with Crippen molar-refractivity contribution in [2.24, 2.45) is 0 Å². The number of nitrogens with one attached hydrogen (secondary N) is 1. The van der Waals surface area contributed by atoms with Crippen molar-refractivity contribution in [3.8, 4) is 0 Å². The summed E-state index contributed by atoms with van der Waals surface area (Å²) in [7, 11) is 0. The van der Waals surface area contributed by atoms with Crippen LogP contribution in [0.15, 0.2) is 53.3 Å². The number of ether oxygens (including phenoxy) is 1. The largest absolute Gasteiger partial charge is 0.377 e. The van der Waals surface area contributed by atoms with Gasteiger partial charge in [0.1, 0.15) is 5.82 Å². The fourth-order valence-electron chi connectivity index (χ4n) is 4.99. The number of rotatable bonds is 9. The Hall–Kier alpha value is -3.43. The molecule has 9 heteroatoms. The maximum atomic E-state index is 13.4. The molecule has 3 heterocycles. The van der Waals surface area contributed by atoms with E-state index < -0.39 is 0 Å². The van der Waals surface area contributed by atoms with Crippen molar-refractivity contribution in [2.45, 2.75) is 58.3 Å². The SMILES string of the molecule is CC[C@H](c1nnnn1Cc1ccc(F)cc1)N(Cc1cc2cc(C)ccc2[nH]c1=O)C[C@H]1CCCO1. The Morgan fingerprint density at radius 3 is 2.81 bits per heavy atom. The summed E-state index contributed by atoms with van der Waals surface area (Å²) in [6, 6.07) is 14.2. The zero-order valence-electron chi connectivity index (χ0n) is 20.7. The van der Waals surface area contributed by atoms with Crippen molar-refractivity contribution in [3.63, 3.8) is 0 Å². The van der Waals surface area contributed by atoms with E-state index in [0.717, 1.165) is 47.9 Å². The Balaban J connectivity index is 1.47. The van der Waals surface area contributed by atoms with Gasteiger partial charge in [0, 0.05) is 30.8 Å². The number of aromatic nitrogens is 5. The van der Waals surface area contributed by atoms with E-state index in [-0.39, 0.29) is 23.5 Å². The molecule has 1 fully saturated rings. The highest BCUT2D eigenvalue weighted by Gasteiger charge is 2.29. The van der Waals surface area contributed by atoms with Crippen molar-refractivity contribution in [2.75, 3.05) is 13.2 Å². The zero-order chi connectivity index (χ0) is 25.1. The molecule has 5 rings (SSSR count). The molecule has 0 unspecified atom stereocenters. The number of fused-ring (bicyclic) bond motifs is 1. The Morgan fingerprint density at radius 2 is 2.06 bits per heavy atom. The fourth-order valence-corrected chi connectivity index (χ4v) is 4.99. The molecular weight excluding hydrogens is 459 g/mol. The van der Waals surface area contributed by atoms with E-state index in [2.05, 4.69) is 38.4 Å². The molecule has 36 heavy (non-hydrogen) atoms. The lowest BCUT2D eigenvalue weighted by Gasteiger charge is -2.32. The molecule has 1 saturated heterocycles. The molecule has 8 nitrogen and oxygen atoms in total. The lowest BCUT2D eigenvalue weighted by Crippen LogP contribution is -2.37. The average molecular weight is 491 g/mol. The molecule has 188 valence electrons. The Labute approximate surface area is 209 Å². The van der Waals surface area contributed by atoms with Crippen molar-refractivity contribution >= 4 is 10.9 Å². The van der Waals surface area contributed by atoms with E-state index in [1.807, 2.05) is 25.1 Å². The van der Waals surface area contributed by atoms with E-state index in [9.17, 15) is 9.18 Å². The highest BCUT2D eigenvalue weighted by molar-refractivity contribution is 5.79. The number of hydrogen-bond acceptors (Lipinski definition) is 6. The highest BCUT2D eigenvalue weighted by atomic mass is 19.1. The van der Waals surface area contributed by atoms with Crippen LogP contribution in [0.1, 0.15) is 54.7 Å². The number of halogens is 1. The van der Waals surface area contributed by atoms with Gasteiger partial charge in [0.15, 0.2) is 5.82 Å². The van der Waals surface area contributed by atoms with E-state index in [1.54, 1.807) is 16.8 Å². The van der Waals surface area contributed by atoms with Crippen LogP contribution in [0, 0.1) is 12.7 Å². The standard InChI is InChI=1S/C27H31FN6O2/c1-3-25(26-30-31-32-34(26)15-19-7-9-22(28)10-8-19)33(17-23-5-4-12-36-23)16-21-14-20-13-18(2)6-11-24(20)29-27(21)35/h6-11,13-14,23,25H,3-5,12,15-17H2,1-2H3,(H,29,35)/t23-,25-/m1/s1. The quantitative estimate of drug-likeness (QED) is 0.379. The molecule has 0 amide bonds. The third-order valence-corrected chi connectivity index (χ3v) is 6.84. The molecule has 1 aliphatic heterocycles. The molecule has 0 bridgehead atoms. The minimum Gasteiger partial charge on any atom is -0.377 e. The van der Waals surface area contributed by atoms with Crippen molar-refractivity contribution in [1.29, 1.82) is 0 Å². The second kappa shape index (κ2) is 10.7. The summed E-state index contributed by atoms with van der Waals surface area (Å²) in [5.74, 6) is 0.438. The van der Waals surface area contributed by atoms with Crippen LogP contribution in [0.4, 0.5) is 4.39 Å². The maximum absolute atomic E-state index is 13.4. The number of H-pyrrole nitrogens is 1. The van der Waals surface area contributed by atoms with Gasteiger partial charge < -0.3 is 9.72 Å². The summed E-state index contributed by atoms with van der Waals surface area (Å²) in [6.45, 7) is 6.45. The highest BCUT2D eigenvalue weighted by Crippen LogP contribution is 2.27. The van der Waals surface area contributed by atoms with Gasteiger partial charge in [0.2, 0.25) is 0 Å². The van der Waals surface area contributed by atoms with Crippen molar-refractivity contribution in [3.05, 3.63) is 87.2 Å². The molecule has 4 aromatic rings. The molecule has 0 aliphatic carbocycles. The molecular formula is C27H31FN6O2. The normalized spacial score (nSPS) is 16.7. The molecule has 1 aliphatic rings. The number of hydrogen-bond donors (Lipinski definition) is 1. The predicted octanol–water partition coefficient (Wildman–Crippen LogP) is 4.14. The maximum Gasteiger partial charge on any atom is 0.252 e. The first-order valence-corrected chi connectivity index (χ1v) is 12.5. The van der Waals surface area contributed by atoms with E-state index >= 15 is 0 Å². The third-order valence-electron chi connectivity index (χ3n) is 6.84. The number of aryl methyl sites for hydroxylation is 1. The smallest absolute Gasteiger partial charge is 0.252 e. The monoisotopic (exact) mass is 490 g/mol. The van der Waals surface area contributed by atoms with Gasteiger partial charge in [-0.25, -0.2) is 9.07 Å². The third kappa shape index (κ3) is 5.37. The number of aromatic amines is 1. The zero-order valence-corrected chi connectivity index (χ0v) is 20.7. The Kier molecular flexibility index (Phi) is 7.20. The molecule has 2 aromatic carbocycles. The number of pyridine rings is 1. The molecule has 0 spiro atoms. The van der Waals surface area contributed by atoms with Gasteiger partial charge in [-0.1, -0.05) is 30.7 Å². The summed E-state index contributed by atoms with van der Waals surface area (Å²) in [5, 5.41) is 13.6. The van der Waals surface area contributed by atoms with Gasteiger partial charge in [-0.3, -0.25) is 9.69 Å². The summed E-state index contributed by atoms with van der Waals surface area (Å²) < 4.78 is 21.1. The van der Waals surface area contributed by atoms with Crippen LogP contribution in [-0.4, -0.2) is 49.3 Å². The second-order valence-electron chi connectivity index (χ2n) is 9.52. The summed E-state index contributed by atoms with van der Waals surface area (Å²) in [5.41, 5.74) is 3.48. The first-order valence-electron chi connectivity index (χ1n) is 12.5. The topological polar surface area (TPSA) is 88.9 Å². The van der Waals surface area contributed by atoms with Gasteiger partial charge in [-0.15, -0.1) is 5.10 Å². The van der Waals surface area contributed by atoms with Gasteiger partial charge in [0.25, 0.3) is 5.56 Å². The van der Waals surface area contributed by atoms with Gasteiger partial charge >= 0.3 is 0 Å². The average Bonchev–Trinajstić information content (AvgIpc) is 3.54. The van der Waals surface area contributed by atoms with Crippen molar-refractivity contribution < 1.29 is 9.13 Å². The molecule has 0 saturated carbocycles. The van der Waals surface area contributed by atoms with Crippen molar-refractivity contribution in [1.82, 2.24) is 30.1 Å². The predicted molar refractivity (Wildman–Crippen MR) is 135 cm³/mol. The lowest BCUT2D eigenvalue weighted by atomic mass is 10.1. The van der Waals surface area contributed by atoms with Gasteiger partial charge in [0.05, 0.1) is 18.7 Å². The van der Waals surface area contributed by atoms with E-state index in [1.165, 1.54) is 12.1 Å².